The monoisotopic (exact) mass is 327 g/mol. The quantitative estimate of drug-likeness (QED) is 0.719. The largest absolute Gasteiger partial charge is 0.396 e. The third-order valence-electron chi connectivity index (χ3n) is 4.03. The number of benzene rings is 2. The van der Waals surface area contributed by atoms with E-state index in [-0.39, 0.29) is 18.8 Å². The van der Waals surface area contributed by atoms with E-state index in [2.05, 4.69) is 67.3 Å². The molecule has 0 aliphatic carbocycles. The van der Waals surface area contributed by atoms with Crippen LogP contribution in [0.15, 0.2) is 60.7 Å². The fourth-order valence-electron chi connectivity index (χ4n) is 2.93. The molecule has 0 bridgehead atoms. The maximum atomic E-state index is 9.29. The molecule has 2 rings (SSSR count). The molecule has 24 heavy (non-hydrogen) atoms. The highest BCUT2D eigenvalue weighted by molar-refractivity contribution is 5.31. The van der Waals surface area contributed by atoms with Crippen LogP contribution in [0.3, 0.4) is 0 Å². The first kappa shape index (κ1) is 18.7. The van der Waals surface area contributed by atoms with Gasteiger partial charge in [0.25, 0.3) is 0 Å². The Morgan fingerprint density at radius 2 is 1.42 bits per heavy atom. The van der Waals surface area contributed by atoms with Gasteiger partial charge in [0, 0.05) is 19.7 Å². The molecule has 0 heterocycles. The molecule has 0 saturated carbocycles. The van der Waals surface area contributed by atoms with Gasteiger partial charge >= 0.3 is 0 Å². The lowest BCUT2D eigenvalue weighted by molar-refractivity contribution is 0.0508. The highest BCUT2D eigenvalue weighted by Gasteiger charge is 2.21. The highest BCUT2D eigenvalue weighted by atomic mass is 16.5. The van der Waals surface area contributed by atoms with Crippen LogP contribution < -0.4 is 0 Å². The predicted molar refractivity (Wildman–Crippen MR) is 99.1 cm³/mol. The van der Waals surface area contributed by atoms with Gasteiger partial charge in [-0.05, 0) is 31.4 Å². The zero-order valence-electron chi connectivity index (χ0n) is 14.8. The Balaban J connectivity index is 2.26. The molecule has 0 aliphatic heterocycles. The van der Waals surface area contributed by atoms with Crippen LogP contribution in [0, 0.1) is 0 Å². The number of nitrogens with zero attached hydrogens (tertiary/aromatic N) is 1. The molecule has 0 aromatic heterocycles. The van der Waals surface area contributed by atoms with E-state index in [0.717, 1.165) is 19.5 Å². The summed E-state index contributed by atoms with van der Waals surface area (Å²) in [5, 5.41) is 9.29. The Morgan fingerprint density at radius 3 is 1.88 bits per heavy atom. The summed E-state index contributed by atoms with van der Waals surface area (Å²) in [5.74, 6) is 0. The first-order valence-electron chi connectivity index (χ1n) is 8.78. The Morgan fingerprint density at radius 1 is 0.875 bits per heavy atom. The molecular weight excluding hydrogens is 298 g/mol. The minimum Gasteiger partial charge on any atom is -0.396 e. The van der Waals surface area contributed by atoms with Gasteiger partial charge in [-0.2, -0.15) is 0 Å². The van der Waals surface area contributed by atoms with Crippen LogP contribution in [-0.4, -0.2) is 42.4 Å². The van der Waals surface area contributed by atoms with Gasteiger partial charge in [0.15, 0.2) is 0 Å². The summed E-state index contributed by atoms with van der Waals surface area (Å²) in [4.78, 5) is 2.41. The van der Waals surface area contributed by atoms with Crippen LogP contribution in [0.25, 0.3) is 0 Å². The van der Waals surface area contributed by atoms with Gasteiger partial charge in [0.1, 0.15) is 0 Å². The molecule has 0 fully saturated rings. The van der Waals surface area contributed by atoms with Gasteiger partial charge in [0.05, 0.1) is 18.8 Å². The third kappa shape index (κ3) is 5.75. The van der Waals surface area contributed by atoms with Crippen LogP contribution >= 0.6 is 0 Å². The Hall–Kier alpha value is -1.68. The maximum absolute atomic E-state index is 9.29. The van der Waals surface area contributed by atoms with E-state index in [1.807, 2.05) is 12.1 Å². The summed E-state index contributed by atoms with van der Waals surface area (Å²) in [6.07, 6.45) is 0.995. The molecule has 0 aliphatic rings. The first-order chi connectivity index (χ1) is 11.7. The number of ether oxygens (including phenoxy) is 1. The zero-order valence-corrected chi connectivity index (χ0v) is 14.8. The first-order valence-corrected chi connectivity index (χ1v) is 8.78. The average molecular weight is 327 g/mol. The van der Waals surface area contributed by atoms with E-state index in [1.54, 1.807) is 0 Å². The van der Waals surface area contributed by atoms with Crippen molar-refractivity contribution in [2.45, 2.75) is 32.4 Å². The molecule has 3 nitrogen and oxygen atoms in total. The average Bonchev–Trinajstić information content (AvgIpc) is 2.61. The molecule has 0 spiro atoms. The summed E-state index contributed by atoms with van der Waals surface area (Å²) in [5.41, 5.74) is 2.54. The second-order valence-corrected chi connectivity index (χ2v) is 6.26. The minimum absolute atomic E-state index is 0.176. The van der Waals surface area contributed by atoms with Crippen molar-refractivity contribution < 1.29 is 9.84 Å². The molecule has 3 heteroatoms. The SMILES string of the molecule is CC(C)OCCN(CCCO)C(c1ccccc1)c1ccccc1. The van der Waals surface area contributed by atoms with Crippen molar-refractivity contribution in [2.24, 2.45) is 0 Å². The van der Waals surface area contributed by atoms with Crippen molar-refractivity contribution >= 4 is 0 Å². The van der Waals surface area contributed by atoms with Crippen molar-refractivity contribution in [1.29, 1.82) is 0 Å². The Labute approximate surface area is 145 Å². The second-order valence-electron chi connectivity index (χ2n) is 6.26. The van der Waals surface area contributed by atoms with Gasteiger partial charge in [-0.1, -0.05) is 60.7 Å². The van der Waals surface area contributed by atoms with Gasteiger partial charge in [0.2, 0.25) is 0 Å². The highest BCUT2D eigenvalue weighted by Crippen LogP contribution is 2.28. The lowest BCUT2D eigenvalue weighted by Crippen LogP contribution is -2.34. The van der Waals surface area contributed by atoms with Crippen molar-refractivity contribution in [3.63, 3.8) is 0 Å². The molecular formula is C21H29NO2. The third-order valence-corrected chi connectivity index (χ3v) is 4.03. The smallest absolute Gasteiger partial charge is 0.0602 e. The Bertz CT molecular complexity index is 517. The molecule has 130 valence electrons. The predicted octanol–water partition coefficient (Wildman–Crippen LogP) is 3.89. The molecule has 0 saturated heterocycles. The molecule has 0 unspecified atom stereocenters. The Kier molecular flexibility index (Phi) is 7.96. The number of rotatable bonds is 10. The number of hydrogen-bond acceptors (Lipinski definition) is 3. The van der Waals surface area contributed by atoms with E-state index in [1.165, 1.54) is 11.1 Å². The van der Waals surface area contributed by atoms with Gasteiger partial charge in [-0.25, -0.2) is 0 Å². The van der Waals surface area contributed by atoms with Crippen LogP contribution in [0.4, 0.5) is 0 Å². The number of aliphatic hydroxyl groups excluding tert-OH is 1. The van der Waals surface area contributed by atoms with Crippen LogP contribution in [0.5, 0.6) is 0 Å². The summed E-state index contributed by atoms with van der Waals surface area (Å²) in [6.45, 7) is 6.70. The van der Waals surface area contributed by atoms with Crippen LogP contribution in [0.2, 0.25) is 0 Å². The topological polar surface area (TPSA) is 32.7 Å². The lowest BCUT2D eigenvalue weighted by Gasteiger charge is -2.32. The number of hydrogen-bond donors (Lipinski definition) is 1. The fourth-order valence-corrected chi connectivity index (χ4v) is 2.93. The van der Waals surface area contributed by atoms with Gasteiger partial charge < -0.3 is 9.84 Å². The molecule has 0 radical (unpaired) electrons. The molecule has 0 amide bonds. The fraction of sp³-hybridized carbons (Fsp3) is 0.429. The van der Waals surface area contributed by atoms with Crippen LogP contribution in [0.1, 0.15) is 37.4 Å². The second kappa shape index (κ2) is 10.2. The van der Waals surface area contributed by atoms with Crippen molar-refractivity contribution in [3.8, 4) is 0 Å². The zero-order chi connectivity index (χ0) is 17.2. The van der Waals surface area contributed by atoms with E-state index < -0.39 is 0 Å². The lowest BCUT2D eigenvalue weighted by atomic mass is 9.97. The summed E-state index contributed by atoms with van der Waals surface area (Å²) >= 11 is 0. The van der Waals surface area contributed by atoms with Crippen molar-refractivity contribution in [1.82, 2.24) is 4.90 Å². The molecule has 0 atom stereocenters. The summed E-state index contributed by atoms with van der Waals surface area (Å²) in [6, 6.07) is 21.3. The van der Waals surface area contributed by atoms with Crippen molar-refractivity contribution in [2.75, 3.05) is 26.3 Å². The normalized spacial score (nSPS) is 11.6. The molecule has 2 aromatic carbocycles. The van der Waals surface area contributed by atoms with E-state index in [4.69, 9.17) is 4.74 Å². The van der Waals surface area contributed by atoms with E-state index in [0.29, 0.717) is 6.61 Å². The molecule has 1 N–H and O–H groups in total. The molecule has 2 aromatic rings. The van der Waals surface area contributed by atoms with E-state index in [9.17, 15) is 5.11 Å². The minimum atomic E-state index is 0.176. The van der Waals surface area contributed by atoms with Crippen LogP contribution in [-0.2, 0) is 4.74 Å². The maximum Gasteiger partial charge on any atom is 0.0602 e. The number of aliphatic hydroxyl groups is 1. The summed E-state index contributed by atoms with van der Waals surface area (Å²) < 4.78 is 5.77. The van der Waals surface area contributed by atoms with E-state index >= 15 is 0 Å². The standard InChI is InChI=1S/C21H29NO2/c1-18(2)24-17-15-22(14-9-16-23)21(19-10-5-3-6-11-19)20-12-7-4-8-13-20/h3-8,10-13,18,21,23H,9,14-17H2,1-2H3. The van der Waals surface area contributed by atoms with Gasteiger partial charge in [-0.15, -0.1) is 0 Å². The van der Waals surface area contributed by atoms with Crippen molar-refractivity contribution in [3.05, 3.63) is 71.8 Å². The van der Waals surface area contributed by atoms with Gasteiger partial charge in [-0.3, -0.25) is 4.90 Å². The summed E-state index contributed by atoms with van der Waals surface area (Å²) in [7, 11) is 0.